The molecular weight excluding hydrogens is 392 g/mol. The number of fused-ring (bicyclic) bond motifs is 1. The summed E-state index contributed by atoms with van der Waals surface area (Å²) in [5.41, 5.74) is 10.6. The highest BCUT2D eigenvalue weighted by Crippen LogP contribution is 2.29. The van der Waals surface area contributed by atoms with Gasteiger partial charge in [-0.15, -0.1) is 0 Å². The second kappa shape index (κ2) is 8.39. The van der Waals surface area contributed by atoms with Crippen LogP contribution in [0.5, 0.6) is 0 Å². The lowest BCUT2D eigenvalue weighted by molar-refractivity contribution is 0.0882. The summed E-state index contributed by atoms with van der Waals surface area (Å²) in [6.45, 7) is 7.67. The SMILES string of the molecule is Cc1c(C(=O)NNC(C)(C)C)oc2c1/C(=N/NC(=O)c1ccc(Cl)cc1)CCC2. The van der Waals surface area contributed by atoms with Gasteiger partial charge in [0.05, 0.1) is 5.71 Å². The van der Waals surface area contributed by atoms with Gasteiger partial charge >= 0.3 is 5.91 Å². The molecule has 0 saturated carbocycles. The third-order valence-corrected chi connectivity index (χ3v) is 4.73. The number of furan rings is 1. The fourth-order valence-electron chi connectivity index (χ4n) is 3.08. The first kappa shape index (κ1) is 21.1. The lowest BCUT2D eigenvalue weighted by Crippen LogP contribution is -2.48. The van der Waals surface area contributed by atoms with E-state index >= 15 is 0 Å². The number of halogens is 1. The lowest BCUT2D eigenvalue weighted by atomic mass is 9.93. The second-order valence-corrected chi connectivity index (χ2v) is 8.48. The fourth-order valence-corrected chi connectivity index (χ4v) is 3.21. The zero-order valence-corrected chi connectivity index (χ0v) is 17.7. The van der Waals surface area contributed by atoms with Gasteiger partial charge in [-0.05, 0) is 64.8 Å². The first-order valence-corrected chi connectivity index (χ1v) is 9.86. The van der Waals surface area contributed by atoms with Gasteiger partial charge in [0, 0.05) is 33.7 Å². The zero-order valence-electron chi connectivity index (χ0n) is 17.0. The summed E-state index contributed by atoms with van der Waals surface area (Å²) in [6.07, 6.45) is 2.24. The number of hydrogen-bond acceptors (Lipinski definition) is 5. The third kappa shape index (κ3) is 5.05. The highest BCUT2D eigenvalue weighted by molar-refractivity contribution is 6.30. The van der Waals surface area contributed by atoms with Crippen LogP contribution >= 0.6 is 11.6 Å². The standard InChI is InChI=1S/C21H25ClN4O3/c1-12-17-15(23-24-19(27)13-8-10-14(22)11-9-13)6-5-7-16(17)29-18(12)20(28)25-26-21(2,3)4/h8-11,26H,5-7H2,1-4H3,(H,24,27)(H,25,28)/b23-15+. The van der Waals surface area contributed by atoms with Gasteiger partial charge in [0.25, 0.3) is 5.91 Å². The first-order valence-electron chi connectivity index (χ1n) is 9.48. The Balaban J connectivity index is 1.80. The molecule has 1 aromatic heterocycles. The van der Waals surface area contributed by atoms with Gasteiger partial charge in [-0.25, -0.2) is 10.9 Å². The molecule has 0 radical (unpaired) electrons. The van der Waals surface area contributed by atoms with E-state index in [1.165, 1.54) is 0 Å². The largest absolute Gasteiger partial charge is 0.455 e. The molecule has 3 N–H and O–H groups in total. The summed E-state index contributed by atoms with van der Waals surface area (Å²) >= 11 is 5.86. The number of hydrazine groups is 1. The Hall–Kier alpha value is -2.64. The third-order valence-electron chi connectivity index (χ3n) is 4.48. The van der Waals surface area contributed by atoms with Gasteiger partial charge in [-0.3, -0.25) is 15.0 Å². The van der Waals surface area contributed by atoms with Gasteiger partial charge in [-0.2, -0.15) is 5.10 Å². The molecule has 0 atom stereocenters. The van der Waals surface area contributed by atoms with Crippen molar-refractivity contribution in [2.45, 2.75) is 52.5 Å². The number of nitrogens with zero attached hydrogens (tertiary/aromatic N) is 1. The molecule has 1 aromatic carbocycles. The molecule has 0 saturated heterocycles. The number of amides is 2. The molecule has 154 valence electrons. The van der Waals surface area contributed by atoms with Crippen molar-refractivity contribution in [1.29, 1.82) is 0 Å². The molecule has 3 rings (SSSR count). The van der Waals surface area contributed by atoms with Crippen LogP contribution in [0.3, 0.4) is 0 Å². The molecule has 0 aliphatic heterocycles. The quantitative estimate of drug-likeness (QED) is 0.661. The Labute approximate surface area is 174 Å². The fraction of sp³-hybridized carbons (Fsp3) is 0.381. The summed E-state index contributed by atoms with van der Waals surface area (Å²) in [5.74, 6) is 0.311. The van der Waals surface area contributed by atoms with Crippen LogP contribution in [0.2, 0.25) is 5.02 Å². The minimum Gasteiger partial charge on any atom is -0.455 e. The molecular formula is C21H25ClN4O3. The molecule has 2 amide bonds. The Bertz CT molecular complexity index is 956. The Kier molecular flexibility index (Phi) is 6.10. The van der Waals surface area contributed by atoms with Crippen molar-refractivity contribution in [3.05, 3.63) is 57.5 Å². The number of carbonyl (C=O) groups is 2. The number of hydrazone groups is 1. The maximum absolute atomic E-state index is 12.5. The van der Waals surface area contributed by atoms with Crippen LogP contribution in [0.25, 0.3) is 0 Å². The van der Waals surface area contributed by atoms with Crippen molar-refractivity contribution in [3.8, 4) is 0 Å². The highest BCUT2D eigenvalue weighted by atomic mass is 35.5. The number of aryl methyl sites for hydroxylation is 1. The van der Waals surface area contributed by atoms with Crippen LogP contribution in [-0.4, -0.2) is 23.1 Å². The van der Waals surface area contributed by atoms with Gasteiger partial charge in [0.1, 0.15) is 5.76 Å². The van der Waals surface area contributed by atoms with E-state index in [1.807, 2.05) is 27.7 Å². The normalized spacial score (nSPS) is 15.1. The minimum atomic E-state index is -0.337. The van der Waals surface area contributed by atoms with Gasteiger partial charge in [0.2, 0.25) is 0 Å². The van der Waals surface area contributed by atoms with Crippen molar-refractivity contribution in [2.24, 2.45) is 5.10 Å². The average Bonchev–Trinajstić information content (AvgIpc) is 3.01. The number of benzene rings is 1. The van der Waals surface area contributed by atoms with Gasteiger partial charge in [0.15, 0.2) is 5.76 Å². The van der Waals surface area contributed by atoms with E-state index in [2.05, 4.69) is 21.4 Å². The van der Waals surface area contributed by atoms with Crippen molar-refractivity contribution >= 4 is 29.1 Å². The van der Waals surface area contributed by atoms with E-state index in [0.29, 0.717) is 34.0 Å². The molecule has 1 aliphatic carbocycles. The molecule has 1 aliphatic rings. The predicted octanol–water partition coefficient (Wildman–Crippen LogP) is 3.74. The topological polar surface area (TPSA) is 95.7 Å². The van der Waals surface area contributed by atoms with Crippen LogP contribution in [0.15, 0.2) is 33.8 Å². The van der Waals surface area contributed by atoms with E-state index in [1.54, 1.807) is 24.3 Å². The van der Waals surface area contributed by atoms with E-state index in [9.17, 15) is 9.59 Å². The van der Waals surface area contributed by atoms with E-state index in [0.717, 1.165) is 18.4 Å². The Morgan fingerprint density at radius 3 is 2.45 bits per heavy atom. The molecule has 1 heterocycles. The predicted molar refractivity (Wildman–Crippen MR) is 112 cm³/mol. The molecule has 7 nitrogen and oxygen atoms in total. The van der Waals surface area contributed by atoms with Crippen molar-refractivity contribution in [2.75, 3.05) is 0 Å². The molecule has 0 spiro atoms. The van der Waals surface area contributed by atoms with Gasteiger partial charge in [-0.1, -0.05) is 11.6 Å². The molecule has 29 heavy (non-hydrogen) atoms. The smallest absolute Gasteiger partial charge is 0.301 e. The van der Waals surface area contributed by atoms with Crippen molar-refractivity contribution in [1.82, 2.24) is 16.3 Å². The molecule has 0 unspecified atom stereocenters. The molecule has 0 fully saturated rings. The summed E-state index contributed by atoms with van der Waals surface area (Å²) in [5, 5.41) is 4.88. The van der Waals surface area contributed by atoms with Gasteiger partial charge < -0.3 is 4.42 Å². The highest BCUT2D eigenvalue weighted by Gasteiger charge is 2.28. The van der Waals surface area contributed by atoms with Crippen LogP contribution < -0.4 is 16.3 Å². The zero-order chi connectivity index (χ0) is 21.2. The van der Waals surface area contributed by atoms with Crippen LogP contribution in [0.1, 0.15) is 71.4 Å². The maximum atomic E-state index is 12.5. The monoisotopic (exact) mass is 416 g/mol. The number of hydrogen-bond donors (Lipinski definition) is 3. The number of nitrogens with one attached hydrogen (secondary N) is 3. The summed E-state index contributed by atoms with van der Waals surface area (Å²) in [4.78, 5) is 24.9. The van der Waals surface area contributed by atoms with Crippen molar-refractivity contribution in [3.63, 3.8) is 0 Å². The Morgan fingerprint density at radius 2 is 1.79 bits per heavy atom. The van der Waals surface area contributed by atoms with E-state index in [-0.39, 0.29) is 23.1 Å². The molecule has 8 heteroatoms. The second-order valence-electron chi connectivity index (χ2n) is 8.04. The van der Waals surface area contributed by atoms with E-state index in [4.69, 9.17) is 16.0 Å². The molecule has 0 bridgehead atoms. The minimum absolute atomic E-state index is 0.255. The lowest BCUT2D eigenvalue weighted by Gasteiger charge is -2.20. The average molecular weight is 417 g/mol. The van der Waals surface area contributed by atoms with Crippen LogP contribution in [-0.2, 0) is 6.42 Å². The van der Waals surface area contributed by atoms with Crippen LogP contribution in [0.4, 0.5) is 0 Å². The molecule has 2 aromatic rings. The summed E-state index contributed by atoms with van der Waals surface area (Å²) in [6, 6.07) is 6.58. The van der Waals surface area contributed by atoms with E-state index < -0.39 is 0 Å². The summed E-state index contributed by atoms with van der Waals surface area (Å²) < 4.78 is 5.84. The Morgan fingerprint density at radius 1 is 1.10 bits per heavy atom. The number of carbonyl (C=O) groups excluding carboxylic acids is 2. The maximum Gasteiger partial charge on any atom is 0.301 e. The van der Waals surface area contributed by atoms with Crippen LogP contribution in [0, 0.1) is 6.92 Å². The van der Waals surface area contributed by atoms with Crippen molar-refractivity contribution < 1.29 is 14.0 Å². The number of rotatable bonds is 4. The first-order chi connectivity index (χ1) is 13.7. The summed E-state index contributed by atoms with van der Waals surface area (Å²) in [7, 11) is 0.